The second-order valence-corrected chi connectivity index (χ2v) is 9.75. The molecule has 0 aliphatic rings. The number of nitro benzene ring substituents is 1. The van der Waals surface area contributed by atoms with Crippen molar-refractivity contribution in [2.75, 3.05) is 15.9 Å². The van der Waals surface area contributed by atoms with E-state index in [4.69, 9.17) is 0 Å². The predicted octanol–water partition coefficient (Wildman–Crippen LogP) is 4.52. The monoisotopic (exact) mass is 447 g/mol. The van der Waals surface area contributed by atoms with Crippen LogP contribution in [-0.4, -0.2) is 31.5 Å². The first kappa shape index (κ1) is 24.3. The number of carbonyl (C=O) groups excluding carboxylic acids is 1. The van der Waals surface area contributed by atoms with Gasteiger partial charge in [0.2, 0.25) is 15.9 Å². The summed E-state index contributed by atoms with van der Waals surface area (Å²) in [5, 5.41) is 14.2. The molecule has 0 radical (unpaired) electrons. The molecule has 0 heterocycles. The van der Waals surface area contributed by atoms with Crippen molar-refractivity contribution in [3.63, 3.8) is 0 Å². The van der Waals surface area contributed by atoms with Gasteiger partial charge in [-0.3, -0.25) is 19.2 Å². The van der Waals surface area contributed by atoms with Gasteiger partial charge in [-0.1, -0.05) is 45.0 Å². The third-order valence-electron chi connectivity index (χ3n) is 5.15. The minimum absolute atomic E-state index is 0.118. The van der Waals surface area contributed by atoms with Gasteiger partial charge in [-0.2, -0.15) is 0 Å². The number of aryl methyl sites for hydroxylation is 2. The van der Waals surface area contributed by atoms with Gasteiger partial charge in [-0.25, -0.2) is 8.42 Å². The van der Waals surface area contributed by atoms with Gasteiger partial charge < -0.3 is 5.32 Å². The quantitative estimate of drug-likeness (QED) is 0.473. The summed E-state index contributed by atoms with van der Waals surface area (Å²) in [4.78, 5) is 24.0. The van der Waals surface area contributed by atoms with Crippen LogP contribution in [0, 0.1) is 24.0 Å². The highest BCUT2D eigenvalue weighted by atomic mass is 32.2. The Bertz CT molecular complexity index is 1100. The first-order valence-corrected chi connectivity index (χ1v) is 11.9. The third-order valence-corrected chi connectivity index (χ3v) is 6.31. The molecule has 1 unspecified atom stereocenters. The van der Waals surface area contributed by atoms with Crippen LogP contribution in [0.3, 0.4) is 0 Å². The molecule has 1 N–H and O–H groups in total. The van der Waals surface area contributed by atoms with Crippen molar-refractivity contribution < 1.29 is 18.1 Å². The number of carbonyl (C=O) groups is 1. The van der Waals surface area contributed by atoms with Crippen molar-refractivity contribution in [3.05, 3.63) is 63.2 Å². The average Bonchev–Trinajstić information content (AvgIpc) is 2.66. The molecule has 1 atom stereocenters. The van der Waals surface area contributed by atoms with Gasteiger partial charge in [0.05, 0.1) is 16.9 Å². The number of para-hydroxylation sites is 1. The van der Waals surface area contributed by atoms with Crippen LogP contribution in [0.25, 0.3) is 0 Å². The predicted molar refractivity (Wildman–Crippen MR) is 123 cm³/mol. The summed E-state index contributed by atoms with van der Waals surface area (Å²) >= 11 is 0. The topological polar surface area (TPSA) is 110 Å². The van der Waals surface area contributed by atoms with E-state index in [2.05, 4.69) is 5.32 Å². The molecule has 31 heavy (non-hydrogen) atoms. The maximum absolute atomic E-state index is 13.3. The van der Waals surface area contributed by atoms with Gasteiger partial charge in [0.25, 0.3) is 5.69 Å². The van der Waals surface area contributed by atoms with E-state index >= 15 is 0 Å². The van der Waals surface area contributed by atoms with E-state index in [1.807, 2.05) is 39.0 Å². The van der Waals surface area contributed by atoms with Gasteiger partial charge in [-0.05, 0) is 42.9 Å². The molecule has 0 aliphatic heterocycles. The van der Waals surface area contributed by atoms with Crippen molar-refractivity contribution in [1.29, 1.82) is 0 Å². The lowest BCUT2D eigenvalue weighted by Crippen LogP contribution is -2.47. The number of non-ortho nitro benzene ring substituents is 1. The minimum Gasteiger partial charge on any atom is -0.324 e. The fourth-order valence-electron chi connectivity index (χ4n) is 3.53. The number of nitrogens with one attached hydrogen (secondary N) is 1. The molecule has 8 nitrogen and oxygen atoms in total. The molecule has 2 aromatic carbocycles. The number of anilines is 2. The van der Waals surface area contributed by atoms with Gasteiger partial charge in [0, 0.05) is 17.8 Å². The Morgan fingerprint density at radius 1 is 1.16 bits per heavy atom. The zero-order chi connectivity index (χ0) is 23.5. The number of benzene rings is 2. The summed E-state index contributed by atoms with van der Waals surface area (Å²) in [6.45, 7) is 9.26. The third kappa shape index (κ3) is 5.41. The lowest BCUT2D eigenvalue weighted by atomic mass is 9.98. The highest BCUT2D eigenvalue weighted by molar-refractivity contribution is 7.92. The molecule has 0 saturated heterocycles. The molecule has 0 fully saturated rings. The standard InChI is InChI=1S/C22H29N3O5S/c1-7-19(22(26)23-21-16(5)9-8-10-18(21)14(2)3)24(31(6,29)30)20-13-17(25(27)28)12-11-15(20)4/h8-14,19H,7H2,1-6H3,(H,23,26). The highest BCUT2D eigenvalue weighted by Gasteiger charge is 2.34. The number of hydrogen-bond acceptors (Lipinski definition) is 5. The summed E-state index contributed by atoms with van der Waals surface area (Å²) < 4.78 is 26.5. The van der Waals surface area contributed by atoms with Crippen LogP contribution >= 0.6 is 0 Å². The van der Waals surface area contributed by atoms with Crippen LogP contribution in [0.15, 0.2) is 36.4 Å². The Balaban J connectivity index is 2.57. The second kappa shape index (κ2) is 9.47. The minimum atomic E-state index is -3.92. The maximum Gasteiger partial charge on any atom is 0.271 e. The number of nitrogens with zero attached hydrogens (tertiary/aromatic N) is 2. The van der Waals surface area contributed by atoms with Gasteiger partial charge in [-0.15, -0.1) is 0 Å². The summed E-state index contributed by atoms with van der Waals surface area (Å²) in [6.07, 6.45) is 1.18. The van der Waals surface area contributed by atoms with Crippen LogP contribution in [0.1, 0.15) is 49.8 Å². The first-order chi connectivity index (χ1) is 14.4. The number of hydrogen-bond donors (Lipinski definition) is 1. The Labute approximate surface area is 183 Å². The van der Waals surface area contributed by atoms with E-state index in [-0.39, 0.29) is 23.7 Å². The lowest BCUT2D eigenvalue weighted by Gasteiger charge is -2.31. The number of nitro groups is 1. The van der Waals surface area contributed by atoms with Crippen molar-refractivity contribution in [3.8, 4) is 0 Å². The lowest BCUT2D eigenvalue weighted by molar-refractivity contribution is -0.384. The van der Waals surface area contributed by atoms with E-state index in [1.54, 1.807) is 13.8 Å². The smallest absolute Gasteiger partial charge is 0.271 e. The Hall–Kier alpha value is -2.94. The number of sulfonamides is 1. The van der Waals surface area contributed by atoms with Crippen molar-refractivity contribution >= 4 is 33.0 Å². The average molecular weight is 448 g/mol. The Kier molecular flexibility index (Phi) is 7.43. The normalized spacial score (nSPS) is 12.5. The maximum atomic E-state index is 13.3. The fraction of sp³-hybridized carbons (Fsp3) is 0.409. The zero-order valence-corrected chi connectivity index (χ0v) is 19.5. The number of rotatable bonds is 8. The molecule has 168 valence electrons. The fourth-order valence-corrected chi connectivity index (χ4v) is 4.79. The highest BCUT2D eigenvalue weighted by Crippen LogP contribution is 2.32. The number of amides is 1. The van der Waals surface area contributed by atoms with Gasteiger partial charge >= 0.3 is 0 Å². The van der Waals surface area contributed by atoms with Gasteiger partial charge in [0.15, 0.2) is 0 Å². The molecule has 0 aliphatic carbocycles. The molecule has 0 saturated carbocycles. The summed E-state index contributed by atoms with van der Waals surface area (Å²) in [7, 11) is -3.92. The largest absolute Gasteiger partial charge is 0.324 e. The summed E-state index contributed by atoms with van der Waals surface area (Å²) in [5.41, 5.74) is 2.86. The van der Waals surface area contributed by atoms with Crippen LogP contribution in [0.4, 0.5) is 17.1 Å². The summed E-state index contributed by atoms with van der Waals surface area (Å²) in [5.74, 6) is -0.338. The van der Waals surface area contributed by atoms with Crippen LogP contribution in [0.5, 0.6) is 0 Å². The molecule has 0 bridgehead atoms. The molecule has 2 rings (SSSR count). The summed E-state index contributed by atoms with van der Waals surface area (Å²) in [6, 6.07) is 8.62. The van der Waals surface area contributed by atoms with E-state index in [0.717, 1.165) is 21.7 Å². The van der Waals surface area contributed by atoms with Gasteiger partial charge in [0.1, 0.15) is 6.04 Å². The molecule has 1 amide bonds. The molecular weight excluding hydrogens is 418 g/mol. The van der Waals surface area contributed by atoms with Crippen molar-refractivity contribution in [2.45, 2.75) is 53.0 Å². The molecule has 9 heteroatoms. The van der Waals surface area contributed by atoms with E-state index in [1.165, 1.54) is 18.2 Å². The zero-order valence-electron chi connectivity index (χ0n) is 18.7. The van der Waals surface area contributed by atoms with Crippen LogP contribution in [0.2, 0.25) is 0 Å². The van der Waals surface area contributed by atoms with E-state index in [0.29, 0.717) is 11.3 Å². The Morgan fingerprint density at radius 3 is 2.32 bits per heavy atom. The van der Waals surface area contributed by atoms with E-state index in [9.17, 15) is 23.3 Å². The second-order valence-electron chi connectivity index (χ2n) is 7.89. The first-order valence-electron chi connectivity index (χ1n) is 10.0. The van der Waals surface area contributed by atoms with Crippen LogP contribution < -0.4 is 9.62 Å². The van der Waals surface area contributed by atoms with Crippen molar-refractivity contribution in [2.24, 2.45) is 0 Å². The van der Waals surface area contributed by atoms with Crippen LogP contribution in [-0.2, 0) is 14.8 Å². The molecule has 0 spiro atoms. The SMILES string of the molecule is CCC(C(=O)Nc1c(C)cccc1C(C)C)N(c1cc([N+](=O)[O-])ccc1C)S(C)(=O)=O. The molecule has 2 aromatic rings. The Morgan fingerprint density at radius 2 is 1.81 bits per heavy atom. The van der Waals surface area contributed by atoms with E-state index < -0.39 is 26.9 Å². The molecule has 0 aromatic heterocycles. The van der Waals surface area contributed by atoms with Crippen molar-refractivity contribution in [1.82, 2.24) is 0 Å². The molecular formula is C22H29N3O5S.